The first-order valence-electron chi connectivity index (χ1n) is 12.4. The van der Waals surface area contributed by atoms with Crippen molar-refractivity contribution in [2.24, 2.45) is 11.7 Å². The van der Waals surface area contributed by atoms with Crippen LogP contribution in [0.2, 0.25) is 10.0 Å². The highest BCUT2D eigenvalue weighted by atomic mass is 35.5. The molecule has 1 unspecified atom stereocenters. The number of nitrogens with two attached hydrogens (primary N) is 1. The average molecular weight is 554 g/mol. The molecule has 1 saturated heterocycles. The second kappa shape index (κ2) is 10.4. The van der Waals surface area contributed by atoms with E-state index in [1.54, 1.807) is 24.4 Å². The summed E-state index contributed by atoms with van der Waals surface area (Å²) in [7, 11) is 0. The maximum Gasteiger partial charge on any atom is 0.222 e. The van der Waals surface area contributed by atoms with Crippen LogP contribution >= 0.6 is 23.2 Å². The van der Waals surface area contributed by atoms with E-state index in [2.05, 4.69) is 4.90 Å². The van der Waals surface area contributed by atoms with Gasteiger partial charge >= 0.3 is 0 Å². The van der Waals surface area contributed by atoms with Crippen molar-refractivity contribution in [3.63, 3.8) is 0 Å². The largest absolute Gasteiger partial charge is 0.474 e. The van der Waals surface area contributed by atoms with Gasteiger partial charge < -0.3 is 20.5 Å². The zero-order valence-electron chi connectivity index (χ0n) is 21.2. The molecule has 0 saturated carbocycles. The molecule has 8 nitrogen and oxygen atoms in total. The van der Waals surface area contributed by atoms with Crippen LogP contribution in [0.4, 0.5) is 5.82 Å². The van der Waals surface area contributed by atoms with E-state index < -0.39 is 5.60 Å². The van der Waals surface area contributed by atoms with E-state index in [0.29, 0.717) is 46.2 Å². The van der Waals surface area contributed by atoms with Crippen molar-refractivity contribution in [2.45, 2.75) is 32.3 Å². The Hall–Kier alpha value is -3.33. The molecule has 0 aliphatic carbocycles. The van der Waals surface area contributed by atoms with Gasteiger partial charge in [-0.2, -0.15) is 14.6 Å². The number of piperidine rings is 1. The topological polar surface area (TPSA) is 106 Å². The normalized spacial score (nSPS) is 16.1. The summed E-state index contributed by atoms with van der Waals surface area (Å²) >= 11 is 12.8. The smallest absolute Gasteiger partial charge is 0.222 e. The molecule has 2 aromatic carbocycles. The lowest BCUT2D eigenvalue weighted by Crippen LogP contribution is -2.42. The Morgan fingerprint density at radius 1 is 1.18 bits per heavy atom. The molecule has 198 valence electrons. The Bertz CT molecular complexity index is 1480. The van der Waals surface area contributed by atoms with Crippen LogP contribution in [0.3, 0.4) is 0 Å². The Balaban J connectivity index is 1.77. The van der Waals surface area contributed by atoms with Crippen molar-refractivity contribution >= 4 is 40.6 Å². The van der Waals surface area contributed by atoms with Crippen molar-refractivity contribution in [2.75, 3.05) is 24.6 Å². The van der Waals surface area contributed by atoms with E-state index >= 15 is 0 Å². The van der Waals surface area contributed by atoms with E-state index in [1.165, 1.54) is 0 Å². The molecule has 3 N–H and O–H groups in total. The van der Waals surface area contributed by atoms with Gasteiger partial charge in [-0.25, -0.2) is 0 Å². The first-order chi connectivity index (χ1) is 18.1. The fraction of sp³-hybridized carbons (Fsp3) is 0.321. The van der Waals surface area contributed by atoms with Crippen LogP contribution in [0.15, 0.2) is 54.6 Å². The summed E-state index contributed by atoms with van der Waals surface area (Å²) in [4.78, 5) is 19.0. The molecule has 0 bridgehead atoms. The van der Waals surface area contributed by atoms with Crippen LogP contribution in [0.25, 0.3) is 28.0 Å². The molecule has 1 aliphatic rings. The van der Waals surface area contributed by atoms with Gasteiger partial charge in [0.1, 0.15) is 18.1 Å². The molecular formula is C28H29Cl2N5O3. The van der Waals surface area contributed by atoms with Crippen molar-refractivity contribution in [3.8, 4) is 28.3 Å². The summed E-state index contributed by atoms with van der Waals surface area (Å²) in [5.41, 5.74) is 8.18. The van der Waals surface area contributed by atoms with Crippen LogP contribution in [-0.2, 0) is 4.79 Å². The maximum atomic E-state index is 12.1. The number of fused-ring (bicyclic) bond motifs is 1. The van der Waals surface area contributed by atoms with Crippen molar-refractivity contribution in [1.82, 2.24) is 14.6 Å². The third kappa shape index (κ3) is 5.43. The Labute approximate surface area is 230 Å². The molecule has 4 aromatic rings. The second-order valence-electron chi connectivity index (χ2n) is 10.2. The molecule has 5 rings (SSSR count). The molecule has 1 amide bonds. The van der Waals surface area contributed by atoms with E-state index in [4.69, 9.17) is 43.8 Å². The van der Waals surface area contributed by atoms with Gasteiger partial charge in [-0.3, -0.25) is 4.79 Å². The summed E-state index contributed by atoms with van der Waals surface area (Å²) in [6.07, 6.45) is 1.54. The molecular weight excluding hydrogens is 525 g/mol. The van der Waals surface area contributed by atoms with Gasteiger partial charge in [-0.15, -0.1) is 0 Å². The molecule has 0 radical (unpaired) electrons. The molecule has 1 atom stereocenters. The van der Waals surface area contributed by atoms with Crippen molar-refractivity contribution in [3.05, 3.63) is 64.6 Å². The minimum absolute atomic E-state index is 0.0430. The average Bonchev–Trinajstić information content (AvgIpc) is 3.26. The number of hydrogen-bond donors (Lipinski definition) is 2. The Morgan fingerprint density at radius 3 is 2.61 bits per heavy atom. The van der Waals surface area contributed by atoms with Crippen molar-refractivity contribution in [1.29, 1.82) is 0 Å². The number of aliphatic hydroxyl groups is 1. The monoisotopic (exact) mass is 553 g/mol. The van der Waals surface area contributed by atoms with Gasteiger partial charge in [0, 0.05) is 29.7 Å². The number of anilines is 1. The lowest BCUT2D eigenvalue weighted by molar-refractivity contribution is -0.122. The molecule has 38 heavy (non-hydrogen) atoms. The van der Waals surface area contributed by atoms with Gasteiger partial charge in [0.05, 0.1) is 22.1 Å². The number of ether oxygens (including phenoxy) is 1. The molecule has 1 fully saturated rings. The predicted octanol–water partition coefficient (Wildman–Crippen LogP) is 5.22. The zero-order valence-corrected chi connectivity index (χ0v) is 22.7. The SMILES string of the molecule is CC(C)(O)COc1cc(N2CCCC(C(N)=O)C2)n2nc(-c3ccccc3Cl)c(-c3ccc(Cl)cc3)c2n1. The van der Waals surface area contributed by atoms with E-state index in [1.807, 2.05) is 48.5 Å². The molecule has 3 heterocycles. The third-order valence-electron chi connectivity index (χ3n) is 6.53. The summed E-state index contributed by atoms with van der Waals surface area (Å²) in [6, 6.07) is 16.8. The number of amides is 1. The molecule has 0 spiro atoms. The van der Waals surface area contributed by atoms with Gasteiger partial charge in [0.2, 0.25) is 11.8 Å². The highest BCUT2D eigenvalue weighted by Crippen LogP contribution is 2.40. The first kappa shape index (κ1) is 26.3. The van der Waals surface area contributed by atoms with Crippen LogP contribution in [-0.4, -0.2) is 50.9 Å². The van der Waals surface area contributed by atoms with Gasteiger partial charge in [0.15, 0.2) is 5.65 Å². The minimum atomic E-state index is -1.06. The number of primary amides is 1. The first-order valence-corrected chi connectivity index (χ1v) is 13.2. The fourth-order valence-corrected chi connectivity index (χ4v) is 5.02. The summed E-state index contributed by atoms with van der Waals surface area (Å²) in [5.74, 6) is 0.441. The summed E-state index contributed by atoms with van der Waals surface area (Å²) in [6.45, 7) is 4.55. The zero-order chi connectivity index (χ0) is 27.0. The van der Waals surface area contributed by atoms with Crippen LogP contribution in [0.1, 0.15) is 26.7 Å². The maximum absolute atomic E-state index is 12.1. The number of aromatic nitrogens is 3. The Morgan fingerprint density at radius 2 is 1.92 bits per heavy atom. The summed E-state index contributed by atoms with van der Waals surface area (Å²) < 4.78 is 7.73. The lowest BCUT2D eigenvalue weighted by Gasteiger charge is -2.33. The number of carbonyl (C=O) groups excluding carboxylic acids is 1. The van der Waals surface area contributed by atoms with Crippen LogP contribution < -0.4 is 15.4 Å². The van der Waals surface area contributed by atoms with Crippen LogP contribution in [0.5, 0.6) is 5.88 Å². The second-order valence-corrected chi connectivity index (χ2v) is 11.0. The highest BCUT2D eigenvalue weighted by Gasteiger charge is 2.29. The number of carbonyl (C=O) groups is 1. The van der Waals surface area contributed by atoms with E-state index in [9.17, 15) is 9.90 Å². The van der Waals surface area contributed by atoms with Gasteiger partial charge in [0.25, 0.3) is 0 Å². The minimum Gasteiger partial charge on any atom is -0.474 e. The molecule has 10 heteroatoms. The van der Waals surface area contributed by atoms with Crippen molar-refractivity contribution < 1.29 is 14.6 Å². The highest BCUT2D eigenvalue weighted by molar-refractivity contribution is 6.33. The quantitative estimate of drug-likeness (QED) is 0.325. The number of halogens is 2. The lowest BCUT2D eigenvalue weighted by atomic mass is 9.97. The van der Waals surface area contributed by atoms with Crippen LogP contribution in [0, 0.1) is 5.92 Å². The van der Waals surface area contributed by atoms with E-state index in [0.717, 1.165) is 29.5 Å². The number of hydrogen-bond acceptors (Lipinski definition) is 6. The fourth-order valence-electron chi connectivity index (χ4n) is 4.67. The molecule has 1 aliphatic heterocycles. The Kier molecular flexibility index (Phi) is 7.22. The third-order valence-corrected chi connectivity index (χ3v) is 7.11. The van der Waals surface area contributed by atoms with Gasteiger partial charge in [-0.05, 0) is 50.5 Å². The van der Waals surface area contributed by atoms with Gasteiger partial charge in [-0.1, -0.05) is 53.5 Å². The van der Waals surface area contributed by atoms with E-state index in [-0.39, 0.29) is 18.4 Å². The number of rotatable bonds is 7. The number of benzene rings is 2. The predicted molar refractivity (Wildman–Crippen MR) is 150 cm³/mol. The standard InChI is InChI=1S/C28H29Cl2N5O3/c1-28(2,37)16-38-22-14-23(34-13-5-6-18(15-34)26(31)36)35-27(32-22)24(17-9-11-19(29)12-10-17)25(33-35)20-7-3-4-8-21(20)30/h3-4,7-12,14,18,37H,5-6,13,15-16H2,1-2H3,(H2,31,36). The molecule has 2 aromatic heterocycles. The summed E-state index contributed by atoms with van der Waals surface area (Å²) in [5, 5.41) is 16.5. The number of nitrogens with zero attached hydrogens (tertiary/aromatic N) is 4.